The van der Waals surface area contributed by atoms with Crippen LogP contribution >= 0.6 is 0 Å². The fourth-order valence-electron chi connectivity index (χ4n) is 5.18. The first kappa shape index (κ1) is 25.4. The van der Waals surface area contributed by atoms with Crippen molar-refractivity contribution < 1.29 is 28.5 Å². The van der Waals surface area contributed by atoms with E-state index in [1.807, 2.05) is 44.2 Å². The summed E-state index contributed by atoms with van der Waals surface area (Å²) in [5.74, 6) is 0.794. The van der Waals surface area contributed by atoms with Crippen LogP contribution in [0.5, 0.6) is 17.2 Å². The van der Waals surface area contributed by atoms with Crippen molar-refractivity contribution in [1.82, 2.24) is 5.32 Å². The molecule has 0 spiro atoms. The summed E-state index contributed by atoms with van der Waals surface area (Å²) < 4.78 is 22.3. The Hall–Kier alpha value is -3.74. The topological polar surface area (TPSA) is 83.1 Å². The molecule has 4 rings (SSSR count). The normalized spacial score (nSPS) is 19.4. The Kier molecular flexibility index (Phi) is 7.67. The summed E-state index contributed by atoms with van der Waals surface area (Å²) >= 11 is 0. The number of ether oxygens (including phenoxy) is 4. The van der Waals surface area contributed by atoms with Crippen molar-refractivity contribution >= 4 is 11.8 Å². The molecule has 0 bridgehead atoms. The molecule has 2 aromatic carbocycles. The highest BCUT2D eigenvalue weighted by Crippen LogP contribution is 2.49. The van der Waals surface area contributed by atoms with E-state index in [0.29, 0.717) is 59.8 Å². The van der Waals surface area contributed by atoms with Crippen molar-refractivity contribution in [3.05, 3.63) is 76.1 Å². The number of carbonyl (C=O) groups is 2. The smallest absolute Gasteiger partial charge is 0.336 e. The molecule has 0 aromatic heterocycles. The number of hydrogen-bond donors (Lipinski definition) is 1. The van der Waals surface area contributed by atoms with Gasteiger partial charge in [-0.05, 0) is 49.6 Å². The van der Waals surface area contributed by atoms with E-state index in [9.17, 15) is 9.59 Å². The summed E-state index contributed by atoms with van der Waals surface area (Å²) in [5.41, 5.74) is 4.14. The Balaban J connectivity index is 1.86. The van der Waals surface area contributed by atoms with E-state index >= 15 is 0 Å². The minimum atomic E-state index is -0.637. The van der Waals surface area contributed by atoms with Crippen molar-refractivity contribution in [2.24, 2.45) is 0 Å². The molecule has 1 aliphatic carbocycles. The number of allylic oxidation sites excluding steroid dienone is 3. The summed E-state index contributed by atoms with van der Waals surface area (Å²) in [5, 5.41) is 3.38. The number of methoxy groups -OCH3 is 3. The van der Waals surface area contributed by atoms with Gasteiger partial charge in [-0.1, -0.05) is 25.1 Å². The van der Waals surface area contributed by atoms with Crippen molar-refractivity contribution in [3.8, 4) is 17.2 Å². The van der Waals surface area contributed by atoms with Crippen molar-refractivity contribution in [3.63, 3.8) is 0 Å². The molecule has 190 valence electrons. The lowest BCUT2D eigenvalue weighted by atomic mass is 9.71. The Bertz CT molecular complexity index is 1230. The highest BCUT2D eigenvalue weighted by Gasteiger charge is 2.43. The molecule has 0 saturated carbocycles. The number of dihydropyridines is 1. The first-order chi connectivity index (χ1) is 17.4. The molecule has 0 radical (unpaired) electrons. The van der Waals surface area contributed by atoms with Crippen LogP contribution in [0.2, 0.25) is 0 Å². The van der Waals surface area contributed by atoms with Crippen LogP contribution in [0.1, 0.15) is 56.1 Å². The summed E-state index contributed by atoms with van der Waals surface area (Å²) in [6.07, 6.45) is 1.62. The van der Waals surface area contributed by atoms with E-state index in [2.05, 4.69) is 5.32 Å². The zero-order chi connectivity index (χ0) is 25.8. The lowest BCUT2D eigenvalue weighted by Crippen LogP contribution is -2.36. The van der Waals surface area contributed by atoms with Gasteiger partial charge in [0.15, 0.2) is 5.78 Å². The van der Waals surface area contributed by atoms with Gasteiger partial charge in [0.05, 0.1) is 39.4 Å². The third-order valence-corrected chi connectivity index (χ3v) is 6.81. The number of benzene rings is 2. The van der Waals surface area contributed by atoms with E-state index in [4.69, 9.17) is 18.9 Å². The average Bonchev–Trinajstić information content (AvgIpc) is 2.90. The predicted octanol–water partition coefficient (Wildman–Crippen LogP) is 5.03. The molecule has 0 saturated heterocycles. The van der Waals surface area contributed by atoms with Crippen LogP contribution in [-0.2, 0) is 14.3 Å². The van der Waals surface area contributed by atoms with Crippen LogP contribution in [0, 0.1) is 0 Å². The minimum absolute atomic E-state index is 0.0252. The van der Waals surface area contributed by atoms with Gasteiger partial charge in [-0.25, -0.2) is 4.79 Å². The van der Waals surface area contributed by atoms with Crippen LogP contribution < -0.4 is 19.5 Å². The summed E-state index contributed by atoms with van der Waals surface area (Å²) in [6.45, 7) is 4.09. The van der Waals surface area contributed by atoms with Gasteiger partial charge in [-0.2, -0.15) is 0 Å². The van der Waals surface area contributed by atoms with Gasteiger partial charge in [0.2, 0.25) is 0 Å². The van der Waals surface area contributed by atoms with Crippen LogP contribution in [0.15, 0.2) is 65.0 Å². The van der Waals surface area contributed by atoms with Gasteiger partial charge >= 0.3 is 5.97 Å². The number of para-hydroxylation sites is 1. The molecule has 0 unspecified atom stereocenters. The highest BCUT2D eigenvalue weighted by atomic mass is 16.5. The molecule has 0 amide bonds. The lowest BCUT2D eigenvalue weighted by molar-refractivity contribution is -0.139. The second-order valence-corrected chi connectivity index (χ2v) is 9.00. The molecule has 2 aromatic rings. The average molecular weight is 492 g/mol. The minimum Gasteiger partial charge on any atom is -0.497 e. The van der Waals surface area contributed by atoms with Crippen molar-refractivity contribution in [1.29, 1.82) is 0 Å². The van der Waals surface area contributed by atoms with E-state index in [1.54, 1.807) is 33.5 Å². The van der Waals surface area contributed by atoms with Gasteiger partial charge < -0.3 is 24.3 Å². The molecule has 0 fully saturated rings. The number of rotatable bonds is 8. The fraction of sp³-hybridized carbons (Fsp3) is 0.379. The molecule has 7 heteroatoms. The van der Waals surface area contributed by atoms with Crippen molar-refractivity contribution in [2.75, 3.05) is 27.9 Å². The first-order valence-electron chi connectivity index (χ1n) is 12.2. The molecule has 36 heavy (non-hydrogen) atoms. The predicted molar refractivity (Wildman–Crippen MR) is 136 cm³/mol. The van der Waals surface area contributed by atoms with E-state index in [-0.39, 0.29) is 11.7 Å². The number of ketones is 1. The highest BCUT2D eigenvalue weighted by molar-refractivity contribution is 6.04. The number of Topliss-reactive ketones (excluding diaryl/α,β-unsaturated/α-hetero) is 1. The Labute approximate surface area is 212 Å². The second kappa shape index (κ2) is 10.9. The first-order valence-corrected chi connectivity index (χ1v) is 12.2. The monoisotopic (exact) mass is 491 g/mol. The van der Waals surface area contributed by atoms with Crippen LogP contribution in [0.3, 0.4) is 0 Å². The van der Waals surface area contributed by atoms with Gasteiger partial charge in [0.1, 0.15) is 17.2 Å². The SMILES string of the molecule is CCCOC(=O)C1=C(C)NC2=C(C(=O)C[C@H](c3ccccc3OC)C2)[C@@H]1c1cc(OC)ccc1OC. The summed E-state index contributed by atoms with van der Waals surface area (Å²) in [7, 11) is 4.80. The maximum Gasteiger partial charge on any atom is 0.336 e. The van der Waals surface area contributed by atoms with Gasteiger partial charge in [0.25, 0.3) is 0 Å². The molecule has 1 N–H and O–H groups in total. The van der Waals surface area contributed by atoms with Crippen molar-refractivity contribution in [2.45, 2.75) is 44.9 Å². The molecule has 7 nitrogen and oxygen atoms in total. The molecular weight excluding hydrogens is 458 g/mol. The summed E-state index contributed by atoms with van der Waals surface area (Å²) in [6, 6.07) is 13.2. The van der Waals surface area contributed by atoms with E-state index < -0.39 is 11.9 Å². The Morgan fingerprint density at radius 2 is 1.69 bits per heavy atom. The van der Waals surface area contributed by atoms with Crippen LogP contribution in [0.25, 0.3) is 0 Å². The zero-order valence-electron chi connectivity index (χ0n) is 21.5. The van der Waals surface area contributed by atoms with Crippen LogP contribution in [0.4, 0.5) is 0 Å². The standard InChI is InChI=1S/C29H33NO6/c1-6-13-36-29(32)26-17(2)30-22-14-18(20-9-7-8-10-24(20)34-4)15-23(31)28(22)27(26)21-16-19(33-3)11-12-25(21)35-5/h7-12,16,18,27,30H,6,13-15H2,1-5H3/t18-,27-/m1/s1. The maximum atomic E-state index is 13.9. The Morgan fingerprint density at radius 1 is 0.972 bits per heavy atom. The maximum absolute atomic E-state index is 13.9. The second-order valence-electron chi connectivity index (χ2n) is 9.00. The summed E-state index contributed by atoms with van der Waals surface area (Å²) in [4.78, 5) is 27.2. The lowest BCUT2D eigenvalue weighted by Gasteiger charge is -2.37. The molecule has 2 aliphatic rings. The van der Waals surface area contributed by atoms with Crippen LogP contribution in [-0.4, -0.2) is 39.7 Å². The number of nitrogens with one attached hydrogen (secondary N) is 1. The van der Waals surface area contributed by atoms with E-state index in [0.717, 1.165) is 17.0 Å². The largest absolute Gasteiger partial charge is 0.497 e. The third kappa shape index (κ3) is 4.70. The number of esters is 1. The molecule has 1 heterocycles. The molecule has 1 aliphatic heterocycles. The quantitative estimate of drug-likeness (QED) is 0.519. The van der Waals surface area contributed by atoms with Gasteiger partial charge in [-0.3, -0.25) is 4.79 Å². The number of carbonyl (C=O) groups excluding carboxylic acids is 2. The van der Waals surface area contributed by atoms with Gasteiger partial charge in [-0.15, -0.1) is 0 Å². The zero-order valence-corrected chi connectivity index (χ0v) is 21.5. The Morgan fingerprint density at radius 3 is 2.39 bits per heavy atom. The number of hydrogen-bond acceptors (Lipinski definition) is 7. The molecular formula is C29H33NO6. The molecule has 2 atom stereocenters. The van der Waals surface area contributed by atoms with Gasteiger partial charge in [0, 0.05) is 34.9 Å². The van der Waals surface area contributed by atoms with E-state index in [1.165, 1.54) is 0 Å². The third-order valence-electron chi connectivity index (χ3n) is 6.81. The fourth-order valence-corrected chi connectivity index (χ4v) is 5.18.